The molecule has 0 aliphatic carbocycles. The zero-order chi connectivity index (χ0) is 20.5. The van der Waals surface area contributed by atoms with Crippen molar-refractivity contribution < 1.29 is 9.47 Å². The van der Waals surface area contributed by atoms with Gasteiger partial charge in [0.25, 0.3) is 0 Å². The van der Waals surface area contributed by atoms with Crippen molar-refractivity contribution in [1.82, 2.24) is 19.5 Å². The van der Waals surface area contributed by atoms with Gasteiger partial charge in [0.2, 0.25) is 0 Å². The van der Waals surface area contributed by atoms with Crippen molar-refractivity contribution in [3.8, 4) is 17.0 Å². The molecule has 1 aromatic carbocycles. The van der Waals surface area contributed by atoms with Gasteiger partial charge in [0.15, 0.2) is 6.20 Å². The molecule has 0 saturated heterocycles. The second-order valence-electron chi connectivity index (χ2n) is 6.82. The third-order valence-electron chi connectivity index (χ3n) is 4.99. The van der Waals surface area contributed by atoms with Gasteiger partial charge in [-0.05, 0) is 29.8 Å². The molecule has 4 heterocycles. The summed E-state index contributed by atoms with van der Waals surface area (Å²) in [6, 6.07) is 13.7. The smallest absolute Gasteiger partial charge is 0.392 e. The largest absolute Gasteiger partial charge is 0.616 e. The van der Waals surface area contributed by atoms with Crippen LogP contribution in [0.4, 0.5) is 0 Å². The van der Waals surface area contributed by atoms with Crippen molar-refractivity contribution in [2.24, 2.45) is 7.05 Å². The molecular weight excluding hydrogens is 378 g/mol. The van der Waals surface area contributed by atoms with Gasteiger partial charge in [0.1, 0.15) is 12.0 Å². The molecule has 7 nitrogen and oxygen atoms in total. The van der Waals surface area contributed by atoms with Gasteiger partial charge in [0.05, 0.1) is 17.3 Å². The number of aryl methyl sites for hydroxylation is 1. The molecule has 0 spiro atoms. The van der Waals surface area contributed by atoms with Crippen LogP contribution >= 0.6 is 0 Å². The zero-order valence-corrected chi connectivity index (χ0v) is 16.1. The van der Waals surface area contributed by atoms with Gasteiger partial charge in [-0.15, -0.1) is 4.73 Å². The summed E-state index contributed by atoms with van der Waals surface area (Å²) in [4.78, 5) is 12.6. The van der Waals surface area contributed by atoms with Crippen molar-refractivity contribution in [2.75, 3.05) is 0 Å². The van der Waals surface area contributed by atoms with Gasteiger partial charge in [-0.1, -0.05) is 18.2 Å². The second-order valence-corrected chi connectivity index (χ2v) is 6.82. The van der Waals surface area contributed by atoms with Crippen LogP contribution in [0, 0.1) is 5.21 Å². The third kappa shape index (κ3) is 3.02. The summed E-state index contributed by atoms with van der Waals surface area (Å²) < 4.78 is 8.47. The number of nitrogens with zero attached hydrogens (tertiary/aromatic N) is 5. The van der Waals surface area contributed by atoms with Crippen molar-refractivity contribution in [3.63, 3.8) is 0 Å². The highest BCUT2D eigenvalue weighted by atomic mass is 16.5. The fourth-order valence-corrected chi connectivity index (χ4v) is 3.56. The molecule has 5 aromatic rings. The number of hydrogen-bond acceptors (Lipinski definition) is 5. The SMILES string of the molecule is Cn1c2ccccc2c2cc(/C=C/Oc3c(-c4cncnc4)ccc[n+]3[O-])cnc21. The molecule has 146 valence electrons. The molecule has 0 radical (unpaired) electrons. The highest BCUT2D eigenvalue weighted by Gasteiger charge is 2.15. The van der Waals surface area contributed by atoms with Crippen LogP contribution in [0.15, 0.2) is 79.8 Å². The summed E-state index contributed by atoms with van der Waals surface area (Å²) in [5, 5.41) is 14.5. The second kappa shape index (κ2) is 7.29. The normalized spacial score (nSPS) is 11.5. The molecule has 5 rings (SSSR count). The highest BCUT2D eigenvalue weighted by molar-refractivity contribution is 6.07. The number of pyridine rings is 2. The number of para-hydroxylation sites is 1. The Kier molecular flexibility index (Phi) is 4.33. The first-order valence-corrected chi connectivity index (χ1v) is 9.36. The van der Waals surface area contributed by atoms with Crippen molar-refractivity contribution in [2.45, 2.75) is 0 Å². The number of hydrogen-bond donors (Lipinski definition) is 0. The number of rotatable bonds is 4. The molecule has 0 aliphatic rings. The van der Waals surface area contributed by atoms with E-state index in [0.29, 0.717) is 15.9 Å². The standard InChI is InChI=1S/C23H17N5O2/c1-27-21-7-3-2-5-19(21)20-11-16(12-26-22(20)27)8-10-30-23-18(6-4-9-28(23)29)17-13-24-15-25-14-17/h2-15H,1H3/b10-8+. The van der Waals surface area contributed by atoms with Crippen molar-refractivity contribution >= 4 is 28.0 Å². The lowest BCUT2D eigenvalue weighted by Crippen LogP contribution is -2.27. The summed E-state index contributed by atoms with van der Waals surface area (Å²) in [6.45, 7) is 0. The van der Waals surface area contributed by atoms with Crippen LogP contribution in [0.3, 0.4) is 0 Å². The Balaban J connectivity index is 1.49. The van der Waals surface area contributed by atoms with E-state index < -0.39 is 0 Å². The first kappa shape index (κ1) is 17.8. The van der Waals surface area contributed by atoms with Crippen LogP contribution in [0.2, 0.25) is 0 Å². The van der Waals surface area contributed by atoms with Crippen LogP contribution < -0.4 is 9.47 Å². The van der Waals surface area contributed by atoms with Crippen molar-refractivity contribution in [1.29, 1.82) is 0 Å². The first-order chi connectivity index (χ1) is 14.7. The molecule has 0 amide bonds. The fourth-order valence-electron chi connectivity index (χ4n) is 3.56. The molecule has 0 atom stereocenters. The lowest BCUT2D eigenvalue weighted by atomic mass is 10.1. The van der Waals surface area contributed by atoms with E-state index in [1.807, 2.05) is 19.2 Å². The molecule has 0 unspecified atom stereocenters. The summed E-state index contributed by atoms with van der Waals surface area (Å²) in [5.74, 6) is 0.155. The Morgan fingerprint density at radius 3 is 2.73 bits per heavy atom. The quantitative estimate of drug-likeness (QED) is 0.262. The van der Waals surface area contributed by atoms with Gasteiger partial charge >= 0.3 is 5.88 Å². The zero-order valence-electron chi connectivity index (χ0n) is 16.1. The topological polar surface area (TPSA) is 79.8 Å². The van der Waals surface area contributed by atoms with E-state index in [-0.39, 0.29) is 5.88 Å². The summed E-state index contributed by atoms with van der Waals surface area (Å²) >= 11 is 0. The molecule has 4 aromatic heterocycles. The van der Waals surface area contributed by atoms with Crippen molar-refractivity contribution in [3.05, 3.63) is 90.6 Å². The minimum atomic E-state index is 0.155. The first-order valence-electron chi connectivity index (χ1n) is 9.36. The van der Waals surface area contributed by atoms with Gasteiger partial charge < -0.3 is 14.5 Å². The summed E-state index contributed by atoms with van der Waals surface area (Å²) in [5.41, 5.74) is 4.23. The van der Waals surface area contributed by atoms with Gasteiger partial charge in [-0.25, -0.2) is 15.0 Å². The van der Waals surface area contributed by atoms with Crippen LogP contribution in [-0.2, 0) is 7.05 Å². The monoisotopic (exact) mass is 395 g/mol. The fraction of sp³-hybridized carbons (Fsp3) is 0.0435. The van der Waals surface area contributed by atoms with E-state index in [1.54, 1.807) is 36.8 Å². The Bertz CT molecular complexity index is 1390. The van der Waals surface area contributed by atoms with Crippen LogP contribution in [-0.4, -0.2) is 19.5 Å². The van der Waals surface area contributed by atoms with E-state index in [0.717, 1.165) is 27.5 Å². The molecule has 0 N–H and O–H groups in total. The third-order valence-corrected chi connectivity index (χ3v) is 4.99. The van der Waals surface area contributed by atoms with E-state index in [2.05, 4.69) is 37.7 Å². The molecular formula is C23H17N5O2. The van der Waals surface area contributed by atoms with Gasteiger partial charge in [-0.3, -0.25) is 0 Å². The van der Waals surface area contributed by atoms with Gasteiger partial charge in [-0.2, -0.15) is 0 Å². The summed E-state index contributed by atoms with van der Waals surface area (Å²) in [6.07, 6.45) is 11.2. The molecule has 7 heteroatoms. The van der Waals surface area contributed by atoms with Crippen LogP contribution in [0.5, 0.6) is 5.88 Å². The summed E-state index contributed by atoms with van der Waals surface area (Å²) in [7, 11) is 2.01. The maximum Gasteiger partial charge on any atom is 0.392 e. The lowest BCUT2D eigenvalue weighted by molar-refractivity contribution is -0.610. The predicted molar refractivity (Wildman–Crippen MR) is 114 cm³/mol. The molecule has 30 heavy (non-hydrogen) atoms. The maximum absolute atomic E-state index is 12.3. The highest BCUT2D eigenvalue weighted by Crippen LogP contribution is 2.28. The van der Waals surface area contributed by atoms with E-state index in [1.165, 1.54) is 18.8 Å². The number of aromatic nitrogens is 5. The minimum Gasteiger partial charge on any atom is -0.616 e. The average molecular weight is 395 g/mol. The number of fused-ring (bicyclic) bond motifs is 3. The lowest BCUT2D eigenvalue weighted by Gasteiger charge is -2.07. The molecule has 0 aliphatic heterocycles. The number of benzene rings is 1. The minimum absolute atomic E-state index is 0.155. The Hall–Kier alpha value is -4.26. The van der Waals surface area contributed by atoms with Gasteiger partial charge in [0, 0.05) is 48.0 Å². The van der Waals surface area contributed by atoms with E-state index in [9.17, 15) is 5.21 Å². The van der Waals surface area contributed by atoms with Crippen LogP contribution in [0.1, 0.15) is 5.56 Å². The Labute approximate surface area is 172 Å². The average Bonchev–Trinajstić information content (AvgIpc) is 3.07. The number of ether oxygens (including phenoxy) is 1. The van der Waals surface area contributed by atoms with E-state index in [4.69, 9.17) is 4.74 Å². The molecule has 0 bridgehead atoms. The predicted octanol–water partition coefficient (Wildman–Crippen LogP) is 3.87. The Morgan fingerprint density at radius 2 is 1.87 bits per heavy atom. The van der Waals surface area contributed by atoms with Crippen LogP contribution in [0.25, 0.3) is 39.1 Å². The van der Waals surface area contributed by atoms with E-state index >= 15 is 0 Å². The molecule has 0 saturated carbocycles. The maximum atomic E-state index is 12.3. The Morgan fingerprint density at radius 1 is 1.03 bits per heavy atom. The molecule has 0 fully saturated rings.